The molecule has 2 amide bonds. The number of carboxylic acid groups (broad SMARTS) is 1. The third-order valence-corrected chi connectivity index (χ3v) is 7.10. The van der Waals surface area contributed by atoms with Crippen LogP contribution < -0.4 is 5.32 Å². The van der Waals surface area contributed by atoms with E-state index >= 15 is 0 Å². The van der Waals surface area contributed by atoms with Crippen LogP contribution in [0.2, 0.25) is 0 Å². The van der Waals surface area contributed by atoms with Gasteiger partial charge in [0.25, 0.3) is 5.91 Å². The number of nitrogens with zero attached hydrogens (tertiary/aromatic N) is 2. The van der Waals surface area contributed by atoms with Crippen molar-refractivity contribution in [3.05, 3.63) is 58.6 Å². The lowest BCUT2D eigenvalue weighted by Gasteiger charge is -2.28. The predicted octanol–water partition coefficient (Wildman–Crippen LogP) is 4.06. The van der Waals surface area contributed by atoms with Gasteiger partial charge < -0.3 is 15.3 Å². The maximum absolute atomic E-state index is 13.4. The largest absolute Gasteiger partial charge is 0.478 e. The van der Waals surface area contributed by atoms with Gasteiger partial charge >= 0.3 is 5.97 Å². The van der Waals surface area contributed by atoms with E-state index in [1.807, 2.05) is 4.90 Å². The summed E-state index contributed by atoms with van der Waals surface area (Å²) in [7, 11) is 0. The molecule has 0 radical (unpaired) electrons. The van der Waals surface area contributed by atoms with E-state index in [0.717, 1.165) is 42.4 Å². The van der Waals surface area contributed by atoms with E-state index in [0.29, 0.717) is 19.4 Å². The van der Waals surface area contributed by atoms with Crippen LogP contribution in [0.25, 0.3) is 0 Å². The van der Waals surface area contributed by atoms with Crippen molar-refractivity contribution >= 4 is 35.4 Å². The molecule has 4 rings (SSSR count). The number of carbonyl (C=O) groups is 3. The van der Waals surface area contributed by atoms with Crippen molar-refractivity contribution in [2.75, 3.05) is 17.6 Å². The molecule has 1 aromatic rings. The second-order valence-corrected chi connectivity index (χ2v) is 9.10. The van der Waals surface area contributed by atoms with E-state index in [4.69, 9.17) is 5.11 Å². The average Bonchev–Trinajstić information content (AvgIpc) is 3.05. The Morgan fingerprint density at radius 1 is 1.19 bits per heavy atom. The number of thioether (sulfide) groups is 1. The zero-order valence-corrected chi connectivity index (χ0v) is 18.3. The van der Waals surface area contributed by atoms with E-state index in [-0.39, 0.29) is 40.1 Å². The van der Waals surface area contributed by atoms with Gasteiger partial charge in [-0.1, -0.05) is 11.6 Å². The monoisotopic (exact) mass is 457 g/mol. The molecule has 2 heterocycles. The number of allylic oxidation sites excluding steroid dienone is 3. The Morgan fingerprint density at radius 3 is 2.69 bits per heavy atom. The number of amides is 2. The minimum absolute atomic E-state index is 0.0273. The van der Waals surface area contributed by atoms with Crippen molar-refractivity contribution in [3.63, 3.8) is 0 Å². The number of rotatable bonds is 7. The summed E-state index contributed by atoms with van der Waals surface area (Å²) >= 11 is 1.40. The predicted molar refractivity (Wildman–Crippen MR) is 120 cm³/mol. The molecule has 168 valence electrons. The van der Waals surface area contributed by atoms with Gasteiger partial charge in [0.2, 0.25) is 5.91 Å². The number of pyridine rings is 1. The molecule has 0 saturated heterocycles. The number of aromatic carboxylic acids is 1. The highest BCUT2D eigenvalue weighted by molar-refractivity contribution is 8.00. The van der Waals surface area contributed by atoms with Crippen molar-refractivity contribution in [1.29, 1.82) is 0 Å². The first-order valence-corrected chi connectivity index (χ1v) is 11.6. The molecule has 1 aliphatic heterocycles. The quantitative estimate of drug-likeness (QED) is 0.641. The molecule has 1 atom stereocenters. The number of carbonyl (C=O) groups excluding carboxylic acids is 2. The normalized spacial score (nSPS) is 20.6. The van der Waals surface area contributed by atoms with Crippen molar-refractivity contribution < 1.29 is 23.9 Å². The number of halogens is 1. The van der Waals surface area contributed by atoms with E-state index in [1.54, 1.807) is 6.08 Å². The highest BCUT2D eigenvalue weighted by atomic mass is 32.2. The zero-order valence-electron chi connectivity index (χ0n) is 17.5. The molecule has 0 fully saturated rings. The minimum atomic E-state index is -1.08. The summed E-state index contributed by atoms with van der Waals surface area (Å²) in [6, 6.07) is 2.82. The van der Waals surface area contributed by atoms with Crippen LogP contribution in [0.15, 0.2) is 53.0 Å². The molecule has 7 nitrogen and oxygen atoms in total. The molecular formula is C23H24FN3O4S. The molecular weight excluding hydrogens is 433 g/mol. The second kappa shape index (κ2) is 9.68. The first kappa shape index (κ1) is 22.3. The molecule has 0 bridgehead atoms. The maximum Gasteiger partial charge on any atom is 0.337 e. The Bertz CT molecular complexity index is 1030. The summed E-state index contributed by atoms with van der Waals surface area (Å²) < 4.78 is 13.4. The summed E-state index contributed by atoms with van der Waals surface area (Å²) in [5, 5.41) is 11.4. The Labute approximate surface area is 189 Å². The van der Waals surface area contributed by atoms with Gasteiger partial charge in [-0.2, -0.15) is 0 Å². The van der Waals surface area contributed by atoms with E-state index in [2.05, 4.69) is 10.3 Å². The van der Waals surface area contributed by atoms with Gasteiger partial charge in [-0.3, -0.25) is 9.59 Å². The molecule has 1 unspecified atom stereocenters. The highest BCUT2D eigenvalue weighted by Crippen LogP contribution is 2.41. The molecule has 0 saturated carbocycles. The van der Waals surface area contributed by atoms with E-state index in [1.165, 1.54) is 36.2 Å². The van der Waals surface area contributed by atoms with Gasteiger partial charge in [0.1, 0.15) is 17.0 Å². The number of anilines is 1. The van der Waals surface area contributed by atoms with Gasteiger partial charge in [0.15, 0.2) is 0 Å². The van der Waals surface area contributed by atoms with Gasteiger partial charge in [-0.25, -0.2) is 14.2 Å². The van der Waals surface area contributed by atoms with Crippen LogP contribution in [-0.4, -0.2) is 50.4 Å². The molecule has 2 N–H and O–H groups in total. The maximum atomic E-state index is 13.4. The third kappa shape index (κ3) is 4.93. The molecule has 9 heteroatoms. The number of carboxylic acids is 1. The number of aromatic nitrogens is 1. The van der Waals surface area contributed by atoms with Crippen LogP contribution in [-0.2, 0) is 9.59 Å². The van der Waals surface area contributed by atoms with Gasteiger partial charge in [-0.15, -0.1) is 11.8 Å². The highest BCUT2D eigenvalue weighted by Gasteiger charge is 2.40. The summed E-state index contributed by atoms with van der Waals surface area (Å²) in [5.74, 6) is -1.07. The molecule has 0 aromatic carbocycles. The molecule has 2 aliphatic carbocycles. The third-order valence-electron chi connectivity index (χ3n) is 5.82. The van der Waals surface area contributed by atoms with Crippen LogP contribution in [0.1, 0.15) is 48.9 Å². The van der Waals surface area contributed by atoms with Crippen molar-refractivity contribution in [1.82, 2.24) is 9.88 Å². The lowest BCUT2D eigenvalue weighted by molar-refractivity contribution is -0.125. The Morgan fingerprint density at radius 2 is 2.00 bits per heavy atom. The molecule has 3 aliphatic rings. The Kier molecular flexibility index (Phi) is 6.74. The smallest absolute Gasteiger partial charge is 0.337 e. The average molecular weight is 458 g/mol. The number of hydrogen-bond donors (Lipinski definition) is 2. The summed E-state index contributed by atoms with van der Waals surface area (Å²) in [4.78, 5) is 42.3. The van der Waals surface area contributed by atoms with Crippen molar-refractivity contribution in [3.8, 4) is 0 Å². The van der Waals surface area contributed by atoms with Crippen molar-refractivity contribution in [2.24, 2.45) is 0 Å². The lowest BCUT2D eigenvalue weighted by Crippen LogP contribution is -2.36. The fourth-order valence-electron chi connectivity index (χ4n) is 4.19. The van der Waals surface area contributed by atoms with Gasteiger partial charge in [-0.05, 0) is 55.9 Å². The fourth-order valence-corrected chi connectivity index (χ4v) is 5.38. The zero-order chi connectivity index (χ0) is 22.7. The Hall–Kier alpha value is -2.94. The SMILES string of the molecule is O=C(CSC1C2=C(CCCC2)C(=O)N1CC1=CC=C(F)CC1)Nc1ccc(C(=O)O)cn1. The van der Waals surface area contributed by atoms with E-state index in [9.17, 15) is 18.8 Å². The summed E-state index contributed by atoms with van der Waals surface area (Å²) in [5.41, 5.74) is 3.04. The first-order chi connectivity index (χ1) is 15.4. The van der Waals surface area contributed by atoms with E-state index < -0.39 is 5.97 Å². The number of nitrogens with one attached hydrogen (secondary N) is 1. The molecule has 0 spiro atoms. The van der Waals surface area contributed by atoms with Crippen LogP contribution in [0.5, 0.6) is 0 Å². The molecule has 32 heavy (non-hydrogen) atoms. The van der Waals surface area contributed by atoms with Gasteiger partial charge in [0.05, 0.1) is 11.3 Å². The summed E-state index contributed by atoms with van der Waals surface area (Å²) in [6.45, 7) is 0.438. The minimum Gasteiger partial charge on any atom is -0.478 e. The fraction of sp³-hybridized carbons (Fsp3) is 0.391. The lowest BCUT2D eigenvalue weighted by atomic mass is 9.94. The van der Waals surface area contributed by atoms with Crippen LogP contribution >= 0.6 is 11.8 Å². The van der Waals surface area contributed by atoms with Crippen LogP contribution in [0.3, 0.4) is 0 Å². The Balaban J connectivity index is 1.42. The molecule has 1 aromatic heterocycles. The van der Waals surface area contributed by atoms with Crippen LogP contribution in [0, 0.1) is 0 Å². The van der Waals surface area contributed by atoms with Crippen molar-refractivity contribution in [2.45, 2.75) is 43.9 Å². The van der Waals surface area contributed by atoms with Crippen LogP contribution in [0.4, 0.5) is 10.2 Å². The second-order valence-electron chi connectivity index (χ2n) is 8.03. The first-order valence-electron chi connectivity index (χ1n) is 10.6. The standard InChI is InChI=1S/C23H24FN3O4S/c24-16-8-5-14(6-9-16)12-27-21(29)17-3-1-2-4-18(17)22(27)32-13-20(28)26-19-10-7-15(11-25-19)23(30)31/h5,7-8,10-11,22H,1-4,6,9,12-13H2,(H,30,31)(H,25,26,28). The van der Waals surface area contributed by atoms with Gasteiger partial charge in [0, 0.05) is 24.7 Å². The summed E-state index contributed by atoms with van der Waals surface area (Å²) in [6.07, 6.45) is 8.99. The topological polar surface area (TPSA) is 99.6 Å². The number of hydrogen-bond acceptors (Lipinski definition) is 5.